The number of ketones is 1. The molecule has 2 aromatic heterocycles. The van der Waals surface area contributed by atoms with Crippen molar-refractivity contribution in [3.05, 3.63) is 34.2 Å². The Morgan fingerprint density at radius 3 is 2.58 bits per heavy atom. The van der Waals surface area contributed by atoms with E-state index in [-0.39, 0.29) is 39.5 Å². The molecular formula is C23H28N4O6S3. The fraction of sp³-hybridized carbons (Fsp3) is 0.391. The third kappa shape index (κ3) is 6.14. The number of ether oxygens (including phenoxy) is 1. The van der Waals surface area contributed by atoms with E-state index < -0.39 is 16.0 Å². The summed E-state index contributed by atoms with van der Waals surface area (Å²) in [6.07, 6.45) is 1.81. The van der Waals surface area contributed by atoms with Crippen molar-refractivity contribution in [3.8, 4) is 0 Å². The quantitative estimate of drug-likeness (QED) is 0.206. The average Bonchev–Trinajstić information content (AvgIpc) is 3.32. The number of anilines is 1. The minimum atomic E-state index is -3.88. The van der Waals surface area contributed by atoms with Gasteiger partial charge in [-0.2, -0.15) is 0 Å². The highest BCUT2D eigenvalue weighted by atomic mass is 32.2. The molecule has 0 aliphatic heterocycles. The van der Waals surface area contributed by atoms with Crippen LogP contribution in [0, 0.1) is 6.92 Å². The number of thioether (sulfide) groups is 1. The first-order chi connectivity index (χ1) is 17.0. The van der Waals surface area contributed by atoms with Gasteiger partial charge in [0.1, 0.15) is 5.00 Å². The summed E-state index contributed by atoms with van der Waals surface area (Å²) in [4.78, 5) is 42.2. The van der Waals surface area contributed by atoms with Crippen LogP contribution in [0.2, 0.25) is 0 Å². The Morgan fingerprint density at radius 2 is 1.97 bits per heavy atom. The average molecular weight is 553 g/mol. The number of sulfonamides is 1. The van der Waals surface area contributed by atoms with Crippen molar-refractivity contribution in [2.45, 2.75) is 57.1 Å². The van der Waals surface area contributed by atoms with E-state index in [1.165, 1.54) is 30.8 Å². The number of benzene rings is 1. The van der Waals surface area contributed by atoms with Crippen molar-refractivity contribution >= 4 is 66.8 Å². The summed E-state index contributed by atoms with van der Waals surface area (Å²) in [7, 11) is -3.88. The molecule has 3 rings (SSSR count). The molecule has 13 heteroatoms. The molecule has 36 heavy (non-hydrogen) atoms. The van der Waals surface area contributed by atoms with Crippen LogP contribution in [0.25, 0.3) is 11.0 Å². The molecule has 3 aromatic rings. The minimum absolute atomic E-state index is 0.0217. The van der Waals surface area contributed by atoms with E-state index in [1.807, 2.05) is 4.57 Å². The molecule has 2 heterocycles. The number of nitrogens with two attached hydrogens (primary N) is 1. The van der Waals surface area contributed by atoms with Gasteiger partial charge in [-0.25, -0.2) is 23.3 Å². The van der Waals surface area contributed by atoms with Gasteiger partial charge in [-0.3, -0.25) is 9.59 Å². The normalized spacial score (nSPS) is 11.6. The number of primary sulfonamides is 1. The van der Waals surface area contributed by atoms with Crippen LogP contribution in [0.15, 0.2) is 28.3 Å². The van der Waals surface area contributed by atoms with Crippen molar-refractivity contribution in [1.29, 1.82) is 0 Å². The zero-order valence-corrected chi connectivity index (χ0v) is 22.9. The molecule has 3 N–H and O–H groups in total. The summed E-state index contributed by atoms with van der Waals surface area (Å²) in [6, 6.07) is 4.51. The molecule has 0 spiro atoms. The molecule has 0 radical (unpaired) electrons. The molecule has 194 valence electrons. The summed E-state index contributed by atoms with van der Waals surface area (Å²) in [5, 5.41) is 8.81. The molecule has 1 amide bonds. The maximum absolute atomic E-state index is 12.8. The zero-order valence-electron chi connectivity index (χ0n) is 20.4. The Balaban J connectivity index is 1.86. The first-order valence-corrected chi connectivity index (χ1v) is 14.6. The van der Waals surface area contributed by atoms with E-state index >= 15 is 0 Å². The second-order valence-electron chi connectivity index (χ2n) is 7.97. The molecule has 0 unspecified atom stereocenters. The Kier molecular flexibility index (Phi) is 8.93. The van der Waals surface area contributed by atoms with E-state index in [0.29, 0.717) is 27.7 Å². The molecule has 1 aromatic carbocycles. The molecule has 0 aliphatic rings. The van der Waals surface area contributed by atoms with Crippen LogP contribution in [0.4, 0.5) is 5.00 Å². The lowest BCUT2D eigenvalue weighted by Crippen LogP contribution is -2.17. The number of imidazole rings is 1. The predicted molar refractivity (Wildman–Crippen MR) is 140 cm³/mol. The van der Waals surface area contributed by atoms with Gasteiger partial charge in [0, 0.05) is 6.54 Å². The third-order valence-corrected chi connectivity index (χ3v) is 8.48. The van der Waals surface area contributed by atoms with Gasteiger partial charge in [0.2, 0.25) is 15.9 Å². The van der Waals surface area contributed by atoms with Gasteiger partial charge in [-0.05, 0) is 51.0 Å². The number of nitrogens with zero attached hydrogens (tertiary/aromatic N) is 2. The number of hydrogen-bond acceptors (Lipinski definition) is 9. The van der Waals surface area contributed by atoms with Crippen LogP contribution < -0.4 is 10.5 Å². The number of aryl methyl sites for hydroxylation is 1. The lowest BCUT2D eigenvalue weighted by Gasteiger charge is -2.09. The van der Waals surface area contributed by atoms with Crippen LogP contribution in [0.1, 0.15) is 59.2 Å². The largest absolute Gasteiger partial charge is 0.462 e. The predicted octanol–water partition coefficient (Wildman–Crippen LogP) is 3.96. The molecule has 0 atom stereocenters. The van der Waals surface area contributed by atoms with Crippen LogP contribution in [-0.2, 0) is 26.1 Å². The Labute approximate surface area is 217 Å². The number of thiophene rings is 1. The van der Waals surface area contributed by atoms with Gasteiger partial charge in [0.15, 0.2) is 10.9 Å². The van der Waals surface area contributed by atoms with E-state index in [4.69, 9.17) is 9.88 Å². The van der Waals surface area contributed by atoms with Gasteiger partial charge in [0.05, 0.1) is 38.7 Å². The summed E-state index contributed by atoms with van der Waals surface area (Å²) < 4.78 is 30.5. The molecule has 0 aliphatic carbocycles. The highest BCUT2D eigenvalue weighted by Crippen LogP contribution is 2.34. The number of Topliss-reactive ketones (excluding diaryl/α,β-unsaturated/α-hetero) is 1. The topological polar surface area (TPSA) is 150 Å². The number of rotatable bonds is 11. The third-order valence-electron chi connectivity index (χ3n) is 5.28. The van der Waals surface area contributed by atoms with Crippen molar-refractivity contribution in [2.24, 2.45) is 5.14 Å². The zero-order chi connectivity index (χ0) is 26.6. The summed E-state index contributed by atoms with van der Waals surface area (Å²) in [6.45, 7) is 7.58. The van der Waals surface area contributed by atoms with Crippen LogP contribution in [0.5, 0.6) is 0 Å². The Morgan fingerprint density at radius 1 is 1.25 bits per heavy atom. The maximum atomic E-state index is 12.8. The van der Waals surface area contributed by atoms with Gasteiger partial charge >= 0.3 is 5.97 Å². The number of unbranched alkanes of at least 4 members (excludes halogenated alkanes) is 1. The molecule has 0 saturated carbocycles. The minimum Gasteiger partial charge on any atom is -0.462 e. The van der Waals surface area contributed by atoms with Crippen molar-refractivity contribution in [2.75, 3.05) is 17.7 Å². The molecule has 0 fully saturated rings. The fourth-order valence-corrected chi connectivity index (χ4v) is 6.07. The molecule has 0 bridgehead atoms. The summed E-state index contributed by atoms with van der Waals surface area (Å²) in [5.74, 6) is -1.22. The number of hydrogen-bond donors (Lipinski definition) is 2. The van der Waals surface area contributed by atoms with Gasteiger partial charge < -0.3 is 14.6 Å². The molecular weight excluding hydrogens is 524 g/mol. The van der Waals surface area contributed by atoms with Crippen LogP contribution in [-0.4, -0.2) is 48.0 Å². The number of esters is 1. The fourth-order valence-electron chi connectivity index (χ4n) is 3.59. The van der Waals surface area contributed by atoms with Crippen molar-refractivity contribution < 1.29 is 27.5 Å². The summed E-state index contributed by atoms with van der Waals surface area (Å²) >= 11 is 2.23. The van der Waals surface area contributed by atoms with E-state index in [1.54, 1.807) is 19.9 Å². The number of fused-ring (bicyclic) bond motifs is 1. The number of aromatic nitrogens is 2. The standard InChI is InChI=1S/C23H28N4O6S3/c1-5-7-10-27-17-9-8-15(36(24,31)32)11-16(17)25-23(27)34-12-18(29)26-21-19(22(30)33-6-2)13(3)20(35-21)14(4)28/h8-9,11H,5-7,10,12H2,1-4H3,(H,26,29)(H2,24,31,32). The number of carbonyl (C=O) groups excluding carboxylic acids is 3. The van der Waals surface area contributed by atoms with Gasteiger partial charge in [-0.15, -0.1) is 11.3 Å². The first kappa shape index (κ1) is 27.8. The Hall–Kier alpha value is -2.74. The lowest BCUT2D eigenvalue weighted by molar-refractivity contribution is -0.113. The van der Waals surface area contributed by atoms with E-state index in [0.717, 1.165) is 29.7 Å². The first-order valence-electron chi connectivity index (χ1n) is 11.2. The molecule has 10 nitrogen and oxygen atoms in total. The van der Waals surface area contributed by atoms with Crippen LogP contribution in [0.3, 0.4) is 0 Å². The summed E-state index contributed by atoms with van der Waals surface area (Å²) in [5.41, 5.74) is 1.85. The smallest absolute Gasteiger partial charge is 0.341 e. The number of amides is 1. The van der Waals surface area contributed by atoms with Crippen LogP contribution >= 0.6 is 23.1 Å². The van der Waals surface area contributed by atoms with E-state index in [9.17, 15) is 22.8 Å². The number of nitrogens with one attached hydrogen (secondary N) is 1. The monoisotopic (exact) mass is 552 g/mol. The highest BCUT2D eigenvalue weighted by molar-refractivity contribution is 7.99. The van der Waals surface area contributed by atoms with E-state index in [2.05, 4.69) is 17.2 Å². The van der Waals surface area contributed by atoms with Crippen molar-refractivity contribution in [1.82, 2.24) is 9.55 Å². The number of carbonyl (C=O) groups is 3. The SMILES string of the molecule is CCCCn1c(SCC(=O)Nc2sc(C(C)=O)c(C)c2C(=O)OCC)nc2cc(S(N)(=O)=O)ccc21. The second kappa shape index (κ2) is 11.5. The Bertz CT molecular complexity index is 1430. The molecule has 0 saturated heterocycles. The van der Waals surface area contributed by atoms with Gasteiger partial charge in [-0.1, -0.05) is 25.1 Å². The lowest BCUT2D eigenvalue weighted by atomic mass is 10.1. The highest BCUT2D eigenvalue weighted by Gasteiger charge is 2.25. The van der Waals surface area contributed by atoms with Crippen molar-refractivity contribution in [3.63, 3.8) is 0 Å². The maximum Gasteiger partial charge on any atom is 0.341 e. The van der Waals surface area contributed by atoms with Gasteiger partial charge in [0.25, 0.3) is 0 Å². The second-order valence-corrected chi connectivity index (χ2v) is 11.5.